The van der Waals surface area contributed by atoms with E-state index < -0.39 is 0 Å². The van der Waals surface area contributed by atoms with Gasteiger partial charge in [0.25, 0.3) is 5.91 Å². The number of fused-ring (bicyclic) bond motifs is 1. The first kappa shape index (κ1) is 24.6. The van der Waals surface area contributed by atoms with Crippen LogP contribution >= 0.6 is 0 Å². The Kier molecular flexibility index (Phi) is 7.28. The third-order valence-corrected chi connectivity index (χ3v) is 6.54. The fourth-order valence-electron chi connectivity index (χ4n) is 4.68. The molecule has 1 amide bonds. The van der Waals surface area contributed by atoms with Gasteiger partial charge in [0.05, 0.1) is 11.6 Å². The number of nitrogens with one attached hydrogen (secondary N) is 3. The first-order chi connectivity index (χ1) is 18.0. The molecule has 8 nitrogen and oxygen atoms in total. The molecule has 0 spiro atoms. The first-order valence-electron chi connectivity index (χ1n) is 12.8. The smallest absolute Gasteiger partial charge is 0.256 e. The summed E-state index contributed by atoms with van der Waals surface area (Å²) in [6.07, 6.45) is 5.80. The molecule has 1 aliphatic heterocycles. The van der Waals surface area contributed by atoms with Crippen molar-refractivity contribution in [3.05, 3.63) is 78.1 Å². The Morgan fingerprint density at radius 2 is 1.84 bits per heavy atom. The van der Waals surface area contributed by atoms with Gasteiger partial charge in [-0.1, -0.05) is 12.1 Å². The van der Waals surface area contributed by atoms with Crippen LogP contribution in [0.15, 0.2) is 67.0 Å². The zero-order chi connectivity index (χ0) is 25.8. The number of ether oxygens (including phenoxy) is 2. The molecular weight excluding hydrogens is 466 g/mol. The highest BCUT2D eigenvalue weighted by molar-refractivity contribution is 6.03. The highest BCUT2D eigenvalue weighted by Gasteiger charge is 2.17. The van der Waals surface area contributed by atoms with Gasteiger partial charge in [0.15, 0.2) is 11.5 Å². The summed E-state index contributed by atoms with van der Waals surface area (Å²) in [7, 11) is 1.86. The van der Waals surface area contributed by atoms with Crippen LogP contribution in [0.2, 0.25) is 0 Å². The van der Waals surface area contributed by atoms with Crippen LogP contribution in [0.25, 0.3) is 10.9 Å². The Balaban J connectivity index is 1.32. The summed E-state index contributed by atoms with van der Waals surface area (Å²) < 4.78 is 14.2. The van der Waals surface area contributed by atoms with Crippen LogP contribution in [0, 0.1) is 0 Å². The Morgan fingerprint density at radius 3 is 2.57 bits per heavy atom. The molecule has 0 radical (unpaired) electrons. The van der Waals surface area contributed by atoms with Crippen molar-refractivity contribution in [3.8, 4) is 17.2 Å². The quantitative estimate of drug-likeness (QED) is 0.296. The summed E-state index contributed by atoms with van der Waals surface area (Å²) in [5.41, 5.74) is 5.99. The lowest BCUT2D eigenvalue weighted by Crippen LogP contribution is -2.26. The number of carbonyl (C=O) groups excluding carboxylic acids is 1. The molecule has 0 saturated carbocycles. The van der Waals surface area contributed by atoms with Crippen LogP contribution in [0.3, 0.4) is 0 Å². The normalized spacial score (nSPS) is 14.1. The van der Waals surface area contributed by atoms with Gasteiger partial charge in [0, 0.05) is 42.5 Å². The SMILES string of the molecule is CNn1ccc2cc(Oc3ccnc(NC(=O)c4ccc(C5CCNCC5)cc4)c3)c(OC(C)C)cc21. The lowest BCUT2D eigenvalue weighted by molar-refractivity contribution is 0.102. The summed E-state index contributed by atoms with van der Waals surface area (Å²) in [6.45, 7) is 6.03. The van der Waals surface area contributed by atoms with E-state index in [1.54, 1.807) is 18.3 Å². The lowest BCUT2D eigenvalue weighted by atomic mass is 9.90. The van der Waals surface area contributed by atoms with Crippen LogP contribution in [0.1, 0.15) is 48.5 Å². The Morgan fingerprint density at radius 1 is 1.05 bits per heavy atom. The molecule has 1 fully saturated rings. The van der Waals surface area contributed by atoms with Gasteiger partial charge >= 0.3 is 0 Å². The number of hydrogen-bond donors (Lipinski definition) is 3. The van der Waals surface area contributed by atoms with Crippen molar-refractivity contribution in [2.24, 2.45) is 0 Å². The van der Waals surface area contributed by atoms with Crippen LogP contribution < -0.4 is 25.5 Å². The Bertz CT molecular complexity index is 1370. The molecule has 2 aromatic carbocycles. The maximum atomic E-state index is 12.9. The van der Waals surface area contributed by atoms with Crippen molar-refractivity contribution in [3.63, 3.8) is 0 Å². The van der Waals surface area contributed by atoms with Crippen molar-refractivity contribution in [2.75, 3.05) is 30.9 Å². The molecule has 2 aromatic heterocycles. The number of anilines is 1. The second kappa shape index (κ2) is 10.9. The Hall–Kier alpha value is -4.04. The number of carbonyl (C=O) groups is 1. The minimum Gasteiger partial charge on any atom is -0.487 e. The highest BCUT2D eigenvalue weighted by atomic mass is 16.5. The van der Waals surface area contributed by atoms with Gasteiger partial charge in [-0.25, -0.2) is 4.98 Å². The van der Waals surface area contributed by atoms with E-state index >= 15 is 0 Å². The molecule has 192 valence electrons. The van der Waals surface area contributed by atoms with Crippen LogP contribution in [-0.4, -0.2) is 41.8 Å². The Labute approximate surface area is 217 Å². The molecule has 8 heteroatoms. The fraction of sp³-hybridized carbons (Fsp3) is 0.310. The van der Waals surface area contributed by atoms with Gasteiger partial charge < -0.3 is 25.5 Å². The van der Waals surface area contributed by atoms with Gasteiger partial charge in [-0.05, 0) is 81.6 Å². The summed E-state index contributed by atoms with van der Waals surface area (Å²) in [5, 5.41) is 7.29. The summed E-state index contributed by atoms with van der Waals surface area (Å²) in [6, 6.07) is 17.3. The summed E-state index contributed by atoms with van der Waals surface area (Å²) in [5.74, 6) is 2.53. The number of benzene rings is 2. The molecule has 0 aliphatic carbocycles. The fourth-order valence-corrected chi connectivity index (χ4v) is 4.68. The number of aromatic nitrogens is 2. The van der Waals surface area contributed by atoms with E-state index in [0.29, 0.717) is 34.5 Å². The minimum absolute atomic E-state index is 0.0220. The lowest BCUT2D eigenvalue weighted by Gasteiger charge is -2.23. The number of pyridine rings is 1. The van der Waals surface area contributed by atoms with Crippen molar-refractivity contribution in [1.82, 2.24) is 15.0 Å². The average molecular weight is 500 g/mol. The van der Waals surface area contributed by atoms with E-state index in [1.165, 1.54) is 5.56 Å². The summed E-state index contributed by atoms with van der Waals surface area (Å²) >= 11 is 0. The van der Waals surface area contributed by atoms with E-state index in [-0.39, 0.29) is 12.0 Å². The number of hydrogen-bond acceptors (Lipinski definition) is 6. The van der Waals surface area contributed by atoms with E-state index in [9.17, 15) is 4.79 Å². The van der Waals surface area contributed by atoms with E-state index in [0.717, 1.165) is 36.8 Å². The number of nitrogens with zero attached hydrogens (tertiary/aromatic N) is 2. The molecule has 1 aliphatic rings. The van der Waals surface area contributed by atoms with Gasteiger partial charge in [0.2, 0.25) is 0 Å². The molecule has 0 unspecified atom stereocenters. The van der Waals surface area contributed by atoms with Gasteiger partial charge in [-0.15, -0.1) is 0 Å². The topological polar surface area (TPSA) is 89.4 Å². The third kappa shape index (κ3) is 5.70. The highest BCUT2D eigenvalue weighted by Crippen LogP contribution is 2.37. The predicted molar refractivity (Wildman–Crippen MR) is 147 cm³/mol. The average Bonchev–Trinajstić information content (AvgIpc) is 3.31. The second-order valence-corrected chi connectivity index (χ2v) is 9.51. The van der Waals surface area contributed by atoms with E-state index in [1.807, 2.05) is 62.1 Å². The van der Waals surface area contributed by atoms with E-state index in [4.69, 9.17) is 9.47 Å². The van der Waals surface area contributed by atoms with Crippen LogP contribution in [0.5, 0.6) is 17.2 Å². The molecule has 0 bridgehead atoms. The first-order valence-corrected chi connectivity index (χ1v) is 12.8. The third-order valence-electron chi connectivity index (χ3n) is 6.54. The van der Waals surface area contributed by atoms with E-state index in [2.05, 4.69) is 33.2 Å². The number of rotatable bonds is 8. The second-order valence-electron chi connectivity index (χ2n) is 9.51. The maximum Gasteiger partial charge on any atom is 0.256 e. The summed E-state index contributed by atoms with van der Waals surface area (Å²) in [4.78, 5) is 17.2. The van der Waals surface area contributed by atoms with Gasteiger partial charge in [-0.2, -0.15) is 0 Å². The molecule has 1 saturated heterocycles. The molecule has 37 heavy (non-hydrogen) atoms. The monoisotopic (exact) mass is 499 g/mol. The van der Waals surface area contributed by atoms with Crippen molar-refractivity contribution >= 4 is 22.6 Å². The predicted octanol–water partition coefficient (Wildman–Crippen LogP) is 5.51. The minimum atomic E-state index is -0.208. The largest absolute Gasteiger partial charge is 0.487 e. The molecule has 4 aromatic rings. The zero-order valence-corrected chi connectivity index (χ0v) is 21.5. The van der Waals surface area contributed by atoms with Crippen molar-refractivity contribution in [1.29, 1.82) is 0 Å². The molecule has 0 atom stereocenters. The van der Waals surface area contributed by atoms with Crippen molar-refractivity contribution < 1.29 is 14.3 Å². The molecule has 5 rings (SSSR count). The van der Waals surface area contributed by atoms with Gasteiger partial charge in [-0.3, -0.25) is 9.47 Å². The maximum absolute atomic E-state index is 12.9. The molecule has 3 heterocycles. The van der Waals surface area contributed by atoms with Gasteiger partial charge in [0.1, 0.15) is 11.6 Å². The van der Waals surface area contributed by atoms with Crippen LogP contribution in [-0.2, 0) is 0 Å². The standard InChI is InChI=1S/C29H33N5O3/c1-19(2)36-27-18-25-23(11-15-34(25)30-3)16-26(27)37-24-10-14-32-28(17-24)33-29(35)22-6-4-20(5-7-22)21-8-12-31-13-9-21/h4-7,10-11,14-19,21,30-31H,8-9,12-13H2,1-3H3,(H,32,33,35). The van der Waals surface area contributed by atoms with Crippen LogP contribution in [0.4, 0.5) is 5.82 Å². The zero-order valence-electron chi connectivity index (χ0n) is 21.5. The number of piperidine rings is 1. The van der Waals surface area contributed by atoms with Crippen molar-refractivity contribution in [2.45, 2.75) is 38.7 Å². The number of amides is 1. The molecule has 3 N–H and O–H groups in total. The molecular formula is C29H33N5O3.